The summed E-state index contributed by atoms with van der Waals surface area (Å²) in [5, 5.41) is 0. The van der Waals surface area contributed by atoms with Gasteiger partial charge in [0, 0.05) is 5.75 Å². The van der Waals surface area contributed by atoms with Gasteiger partial charge in [0.1, 0.15) is 0 Å². The molecule has 0 aromatic heterocycles. The summed E-state index contributed by atoms with van der Waals surface area (Å²) in [6.45, 7) is 3.48. The molecule has 0 spiro atoms. The lowest BCUT2D eigenvalue weighted by Gasteiger charge is -1.67. The van der Waals surface area contributed by atoms with Gasteiger partial charge in [-0.1, -0.05) is 24.8 Å². The van der Waals surface area contributed by atoms with E-state index in [1.54, 1.807) is 6.08 Å². The molecule has 0 N–H and O–H groups in total. The van der Waals surface area contributed by atoms with E-state index >= 15 is 0 Å². The van der Waals surface area contributed by atoms with E-state index in [1.807, 2.05) is 12.2 Å². The molecule has 0 saturated carbocycles. The Morgan fingerprint density at radius 3 is 2.50 bits per heavy atom. The highest BCUT2D eigenvalue weighted by Crippen LogP contribution is 1.75. The average Bonchev–Trinajstić information content (AvgIpc) is 1.61. The highest BCUT2D eigenvalue weighted by atomic mass is 32.1. The molecule has 0 atom stereocenters. The van der Waals surface area contributed by atoms with Gasteiger partial charge in [-0.25, -0.2) is 0 Å². The maximum absolute atomic E-state index is 3.92. The minimum Gasteiger partial charge on any atom is -0.175 e. The predicted molar refractivity (Wildman–Crippen MR) is 33.2 cm³/mol. The van der Waals surface area contributed by atoms with Crippen molar-refractivity contribution in [3.8, 4) is 0 Å². The molecule has 0 saturated heterocycles. The lowest BCUT2D eigenvalue weighted by molar-refractivity contribution is 1.78. The third kappa shape index (κ3) is 3.83. The van der Waals surface area contributed by atoms with Crippen LogP contribution in [0.15, 0.2) is 24.8 Å². The molecule has 0 unspecified atom stereocenters. The van der Waals surface area contributed by atoms with Gasteiger partial charge in [-0.3, -0.25) is 0 Å². The standard InChI is InChI=1S/C5H8S/c1-2-3-4-5-6/h2-4,6H,1,5H2. The molecule has 0 aromatic rings. The highest BCUT2D eigenvalue weighted by molar-refractivity contribution is 7.80. The van der Waals surface area contributed by atoms with Crippen molar-refractivity contribution < 1.29 is 0 Å². The average molecular weight is 100 g/mol. The Bertz CT molecular complexity index is 55.0. The molecule has 0 fully saturated rings. The molecule has 0 aromatic carbocycles. The van der Waals surface area contributed by atoms with E-state index < -0.39 is 0 Å². The molecule has 0 bridgehead atoms. The molecule has 0 aliphatic heterocycles. The molecular formula is C5H8S. The van der Waals surface area contributed by atoms with Crippen LogP contribution in [-0.2, 0) is 0 Å². The molecule has 0 heterocycles. The highest BCUT2D eigenvalue weighted by Gasteiger charge is 1.55. The number of thiol groups is 1. The van der Waals surface area contributed by atoms with Gasteiger partial charge in [0.15, 0.2) is 0 Å². The summed E-state index contributed by atoms with van der Waals surface area (Å²) >= 11 is 3.92. The second kappa shape index (κ2) is 4.83. The number of rotatable bonds is 2. The summed E-state index contributed by atoms with van der Waals surface area (Å²) in [5.41, 5.74) is 0. The van der Waals surface area contributed by atoms with Crippen LogP contribution in [0, 0.1) is 0 Å². The Morgan fingerprint density at radius 1 is 1.67 bits per heavy atom. The second-order valence-electron chi connectivity index (χ2n) is 0.846. The maximum Gasteiger partial charge on any atom is 0.00856 e. The van der Waals surface area contributed by atoms with Crippen molar-refractivity contribution in [2.24, 2.45) is 0 Å². The largest absolute Gasteiger partial charge is 0.175 e. The normalized spacial score (nSPS) is 9.50. The van der Waals surface area contributed by atoms with Gasteiger partial charge < -0.3 is 0 Å². The van der Waals surface area contributed by atoms with Crippen molar-refractivity contribution in [2.75, 3.05) is 5.75 Å². The van der Waals surface area contributed by atoms with Crippen LogP contribution >= 0.6 is 12.6 Å². The third-order valence-electron chi connectivity index (χ3n) is 0.378. The molecule has 0 radical (unpaired) electrons. The van der Waals surface area contributed by atoms with Gasteiger partial charge in [-0.05, 0) is 0 Å². The second-order valence-corrected chi connectivity index (χ2v) is 1.21. The van der Waals surface area contributed by atoms with Gasteiger partial charge in [-0.15, -0.1) is 0 Å². The lowest BCUT2D eigenvalue weighted by atomic mass is 10.5. The third-order valence-corrected chi connectivity index (χ3v) is 0.588. The fourth-order valence-electron chi connectivity index (χ4n) is 0.157. The van der Waals surface area contributed by atoms with Crippen LogP contribution in [0.4, 0.5) is 0 Å². The summed E-state index contributed by atoms with van der Waals surface area (Å²) in [5.74, 6) is 0.798. The molecule has 0 aliphatic rings. The number of hydrogen-bond donors (Lipinski definition) is 1. The zero-order chi connectivity index (χ0) is 4.83. The minimum atomic E-state index is 0.798. The fraction of sp³-hybridized carbons (Fsp3) is 0.200. The van der Waals surface area contributed by atoms with Gasteiger partial charge in [0.2, 0.25) is 0 Å². The minimum absolute atomic E-state index is 0.798. The van der Waals surface area contributed by atoms with E-state index in [2.05, 4.69) is 19.2 Å². The van der Waals surface area contributed by atoms with E-state index in [4.69, 9.17) is 0 Å². The molecule has 0 rings (SSSR count). The molecular weight excluding hydrogens is 92.1 g/mol. The van der Waals surface area contributed by atoms with Crippen molar-refractivity contribution in [2.45, 2.75) is 0 Å². The Hall–Kier alpha value is -0.170. The summed E-state index contributed by atoms with van der Waals surface area (Å²) in [4.78, 5) is 0. The van der Waals surface area contributed by atoms with Crippen molar-refractivity contribution in [1.82, 2.24) is 0 Å². The Morgan fingerprint density at radius 2 is 2.33 bits per heavy atom. The maximum atomic E-state index is 3.92. The monoisotopic (exact) mass is 100 g/mol. The van der Waals surface area contributed by atoms with Crippen LogP contribution in [0.5, 0.6) is 0 Å². The van der Waals surface area contributed by atoms with Gasteiger partial charge >= 0.3 is 0 Å². The summed E-state index contributed by atoms with van der Waals surface area (Å²) < 4.78 is 0. The van der Waals surface area contributed by atoms with E-state index in [0.29, 0.717) is 0 Å². The molecule has 0 nitrogen and oxygen atoms in total. The first-order chi connectivity index (χ1) is 2.91. The fourth-order valence-corrected chi connectivity index (χ4v) is 0.279. The van der Waals surface area contributed by atoms with E-state index in [1.165, 1.54) is 0 Å². The molecule has 0 amide bonds. The van der Waals surface area contributed by atoms with Crippen LogP contribution in [0.25, 0.3) is 0 Å². The Balaban J connectivity index is 2.94. The Kier molecular flexibility index (Phi) is 4.69. The zero-order valence-electron chi connectivity index (χ0n) is 3.59. The molecule has 6 heavy (non-hydrogen) atoms. The summed E-state index contributed by atoms with van der Waals surface area (Å²) in [6.07, 6.45) is 5.53. The van der Waals surface area contributed by atoms with Crippen LogP contribution in [0.1, 0.15) is 0 Å². The number of hydrogen-bond acceptors (Lipinski definition) is 1. The SMILES string of the molecule is C=CC=CCS. The molecule has 0 aliphatic carbocycles. The van der Waals surface area contributed by atoms with Crippen molar-refractivity contribution >= 4 is 12.6 Å². The quantitative estimate of drug-likeness (QED) is 0.396. The van der Waals surface area contributed by atoms with E-state index in [-0.39, 0.29) is 0 Å². The van der Waals surface area contributed by atoms with Crippen molar-refractivity contribution in [1.29, 1.82) is 0 Å². The van der Waals surface area contributed by atoms with Crippen LogP contribution in [-0.4, -0.2) is 5.75 Å². The van der Waals surface area contributed by atoms with Crippen molar-refractivity contribution in [3.63, 3.8) is 0 Å². The van der Waals surface area contributed by atoms with Crippen LogP contribution in [0.2, 0.25) is 0 Å². The number of allylic oxidation sites excluding steroid dienone is 2. The lowest BCUT2D eigenvalue weighted by Crippen LogP contribution is -1.53. The molecule has 1 heteroatoms. The van der Waals surface area contributed by atoms with Gasteiger partial charge in [0.25, 0.3) is 0 Å². The van der Waals surface area contributed by atoms with E-state index in [0.717, 1.165) is 5.75 Å². The summed E-state index contributed by atoms with van der Waals surface area (Å²) in [7, 11) is 0. The van der Waals surface area contributed by atoms with Gasteiger partial charge in [-0.2, -0.15) is 12.6 Å². The first kappa shape index (κ1) is 5.83. The topological polar surface area (TPSA) is 0 Å². The van der Waals surface area contributed by atoms with Gasteiger partial charge in [0.05, 0.1) is 0 Å². The Labute approximate surface area is 44.0 Å². The van der Waals surface area contributed by atoms with E-state index in [9.17, 15) is 0 Å². The summed E-state index contributed by atoms with van der Waals surface area (Å²) in [6, 6.07) is 0. The predicted octanol–water partition coefficient (Wildman–Crippen LogP) is 1.66. The van der Waals surface area contributed by atoms with Crippen molar-refractivity contribution in [3.05, 3.63) is 24.8 Å². The van der Waals surface area contributed by atoms with Crippen LogP contribution < -0.4 is 0 Å². The molecule has 34 valence electrons. The zero-order valence-corrected chi connectivity index (χ0v) is 4.49. The first-order valence-electron chi connectivity index (χ1n) is 1.80. The smallest absolute Gasteiger partial charge is 0.00856 e. The first-order valence-corrected chi connectivity index (χ1v) is 2.43. The van der Waals surface area contributed by atoms with Crippen LogP contribution in [0.3, 0.4) is 0 Å².